The van der Waals surface area contributed by atoms with Gasteiger partial charge in [-0.2, -0.15) is 5.26 Å². The molecule has 0 radical (unpaired) electrons. The highest BCUT2D eigenvalue weighted by molar-refractivity contribution is 5.78. The zero-order valence-corrected chi connectivity index (χ0v) is 8.79. The Kier molecular flexibility index (Phi) is 3.90. The van der Waals surface area contributed by atoms with E-state index in [2.05, 4.69) is 24.2 Å². The topological polar surface area (TPSA) is 56.1 Å². The molecule has 2 unspecified atom stereocenters. The third-order valence-electron chi connectivity index (χ3n) is 2.69. The molecular formula is C10H17N3O. The van der Waals surface area contributed by atoms with Crippen LogP contribution in [0.25, 0.3) is 0 Å². The van der Waals surface area contributed by atoms with Crippen LogP contribution in [0.5, 0.6) is 0 Å². The van der Waals surface area contributed by atoms with Crippen molar-refractivity contribution in [2.24, 2.45) is 5.92 Å². The van der Waals surface area contributed by atoms with E-state index >= 15 is 0 Å². The summed E-state index contributed by atoms with van der Waals surface area (Å²) >= 11 is 0. The van der Waals surface area contributed by atoms with E-state index in [1.165, 1.54) is 0 Å². The van der Waals surface area contributed by atoms with Gasteiger partial charge >= 0.3 is 0 Å². The summed E-state index contributed by atoms with van der Waals surface area (Å²) in [4.78, 5) is 13.5. The Bertz CT molecular complexity index is 246. The summed E-state index contributed by atoms with van der Waals surface area (Å²) in [6.45, 7) is 4.16. The van der Waals surface area contributed by atoms with Crippen molar-refractivity contribution in [3.8, 4) is 6.07 Å². The highest BCUT2D eigenvalue weighted by Crippen LogP contribution is 2.15. The van der Waals surface area contributed by atoms with Gasteiger partial charge in [-0.15, -0.1) is 0 Å². The highest BCUT2D eigenvalue weighted by Gasteiger charge is 2.24. The van der Waals surface area contributed by atoms with Gasteiger partial charge in [0, 0.05) is 12.6 Å². The lowest BCUT2D eigenvalue weighted by atomic mass is 9.94. The second-order valence-electron chi connectivity index (χ2n) is 4.04. The molecule has 0 bridgehead atoms. The molecule has 4 heteroatoms. The van der Waals surface area contributed by atoms with Crippen LogP contribution in [0.1, 0.15) is 19.8 Å². The van der Waals surface area contributed by atoms with Gasteiger partial charge in [0.05, 0.1) is 6.07 Å². The molecule has 1 amide bonds. The number of hydrogen-bond acceptors (Lipinski definition) is 3. The van der Waals surface area contributed by atoms with Crippen LogP contribution in [-0.2, 0) is 4.79 Å². The van der Waals surface area contributed by atoms with Crippen molar-refractivity contribution in [3.05, 3.63) is 0 Å². The highest BCUT2D eigenvalue weighted by atomic mass is 16.1. The summed E-state index contributed by atoms with van der Waals surface area (Å²) in [5.41, 5.74) is 0. The first-order chi connectivity index (χ1) is 6.63. The maximum atomic E-state index is 11.2. The van der Waals surface area contributed by atoms with Crippen molar-refractivity contribution >= 4 is 5.91 Å². The van der Waals surface area contributed by atoms with Crippen LogP contribution in [0.4, 0.5) is 0 Å². The molecule has 1 N–H and O–H groups in total. The molecule has 1 fully saturated rings. The summed E-state index contributed by atoms with van der Waals surface area (Å²) in [5, 5.41) is 11.3. The molecule has 2 atom stereocenters. The fourth-order valence-electron chi connectivity index (χ4n) is 1.90. The lowest BCUT2D eigenvalue weighted by Crippen LogP contribution is -2.48. The van der Waals surface area contributed by atoms with E-state index in [9.17, 15) is 4.79 Å². The fourth-order valence-corrected chi connectivity index (χ4v) is 1.90. The smallest absolute Gasteiger partial charge is 0.234 e. The number of rotatable bonds is 2. The molecule has 1 rings (SSSR count). The quantitative estimate of drug-likeness (QED) is 0.692. The third kappa shape index (κ3) is 3.00. The lowest BCUT2D eigenvalue weighted by molar-refractivity contribution is -0.121. The number of nitrogens with one attached hydrogen (secondary N) is 1. The summed E-state index contributed by atoms with van der Waals surface area (Å²) in [5.74, 6) is 0.324. The average Bonchev–Trinajstić information content (AvgIpc) is 2.10. The number of amides is 1. The van der Waals surface area contributed by atoms with Crippen molar-refractivity contribution in [2.45, 2.75) is 25.8 Å². The van der Waals surface area contributed by atoms with Crippen molar-refractivity contribution in [3.63, 3.8) is 0 Å². The molecule has 1 aliphatic heterocycles. The predicted molar refractivity (Wildman–Crippen MR) is 53.4 cm³/mol. The maximum absolute atomic E-state index is 11.2. The molecule has 0 spiro atoms. The number of likely N-dealkylation sites (tertiary alicyclic amines) is 1. The molecule has 1 heterocycles. The van der Waals surface area contributed by atoms with Crippen LogP contribution in [0.2, 0.25) is 0 Å². The van der Waals surface area contributed by atoms with Gasteiger partial charge in [0.25, 0.3) is 0 Å². The second-order valence-corrected chi connectivity index (χ2v) is 4.04. The van der Waals surface area contributed by atoms with Crippen LogP contribution in [0.15, 0.2) is 0 Å². The van der Waals surface area contributed by atoms with E-state index in [1.54, 1.807) is 0 Å². The Labute approximate surface area is 84.9 Å². The summed E-state index contributed by atoms with van der Waals surface area (Å²) in [6.07, 6.45) is 0.952. The Morgan fingerprint density at radius 1 is 1.71 bits per heavy atom. The number of carbonyl (C=O) groups is 1. The van der Waals surface area contributed by atoms with Crippen LogP contribution in [-0.4, -0.2) is 37.0 Å². The molecule has 0 aromatic rings. The van der Waals surface area contributed by atoms with Gasteiger partial charge in [-0.1, -0.05) is 6.92 Å². The van der Waals surface area contributed by atoms with Crippen LogP contribution < -0.4 is 5.32 Å². The molecule has 0 saturated carbocycles. The molecule has 1 saturated heterocycles. The first-order valence-electron chi connectivity index (χ1n) is 4.98. The molecule has 4 nitrogen and oxygen atoms in total. The van der Waals surface area contributed by atoms with Gasteiger partial charge in [0.1, 0.15) is 6.42 Å². The fraction of sp³-hybridized carbons (Fsp3) is 0.800. The normalized spacial score (nSPS) is 28.1. The minimum absolute atomic E-state index is 0.0287. The molecule has 1 aliphatic rings. The summed E-state index contributed by atoms with van der Waals surface area (Å²) in [6, 6.07) is 2.10. The first-order valence-corrected chi connectivity index (χ1v) is 4.98. The maximum Gasteiger partial charge on any atom is 0.234 e. The summed E-state index contributed by atoms with van der Waals surface area (Å²) in [7, 11) is 2.09. The molecule has 78 valence electrons. The van der Waals surface area contributed by atoms with Gasteiger partial charge in [-0.05, 0) is 25.9 Å². The van der Waals surface area contributed by atoms with Gasteiger partial charge in [0.2, 0.25) is 5.91 Å². The van der Waals surface area contributed by atoms with Gasteiger partial charge < -0.3 is 10.2 Å². The molecular weight excluding hydrogens is 178 g/mol. The Morgan fingerprint density at radius 3 is 3.00 bits per heavy atom. The van der Waals surface area contributed by atoms with Crippen LogP contribution >= 0.6 is 0 Å². The number of hydrogen-bond donors (Lipinski definition) is 1. The van der Waals surface area contributed by atoms with Gasteiger partial charge in [-0.3, -0.25) is 4.79 Å². The van der Waals surface area contributed by atoms with E-state index in [1.807, 2.05) is 6.07 Å². The van der Waals surface area contributed by atoms with E-state index in [-0.39, 0.29) is 18.4 Å². The number of nitrogens with zero attached hydrogens (tertiary/aromatic N) is 2. The van der Waals surface area contributed by atoms with Crippen molar-refractivity contribution < 1.29 is 4.79 Å². The first kappa shape index (κ1) is 11.0. The second kappa shape index (κ2) is 4.97. The predicted octanol–water partition coefficient (Wildman–Crippen LogP) is 0.356. The standard InChI is InChI=1S/C10H17N3O/c1-8-7-13(2)6-4-9(8)12-10(14)3-5-11/h8-9H,3-4,6-7H2,1-2H3,(H,12,14). The average molecular weight is 195 g/mol. The molecule has 14 heavy (non-hydrogen) atoms. The Morgan fingerprint density at radius 2 is 2.43 bits per heavy atom. The number of nitriles is 1. The summed E-state index contributed by atoms with van der Waals surface area (Å²) < 4.78 is 0. The van der Waals surface area contributed by atoms with E-state index in [0.29, 0.717) is 5.92 Å². The van der Waals surface area contributed by atoms with Gasteiger partial charge in [0.15, 0.2) is 0 Å². The zero-order chi connectivity index (χ0) is 10.6. The minimum Gasteiger partial charge on any atom is -0.352 e. The largest absolute Gasteiger partial charge is 0.352 e. The van der Waals surface area contributed by atoms with E-state index < -0.39 is 0 Å². The minimum atomic E-state index is -0.145. The number of carbonyl (C=O) groups excluding carboxylic acids is 1. The molecule has 0 aliphatic carbocycles. The van der Waals surface area contributed by atoms with Crippen molar-refractivity contribution in [2.75, 3.05) is 20.1 Å². The van der Waals surface area contributed by atoms with Gasteiger partial charge in [-0.25, -0.2) is 0 Å². The molecule has 0 aromatic carbocycles. The zero-order valence-electron chi connectivity index (χ0n) is 8.79. The Balaban J connectivity index is 2.38. The lowest BCUT2D eigenvalue weighted by Gasteiger charge is -2.35. The van der Waals surface area contributed by atoms with Crippen molar-refractivity contribution in [1.82, 2.24) is 10.2 Å². The van der Waals surface area contributed by atoms with E-state index in [4.69, 9.17) is 5.26 Å². The van der Waals surface area contributed by atoms with Crippen LogP contribution in [0.3, 0.4) is 0 Å². The monoisotopic (exact) mass is 195 g/mol. The Hall–Kier alpha value is -1.08. The molecule has 0 aromatic heterocycles. The van der Waals surface area contributed by atoms with Crippen molar-refractivity contribution in [1.29, 1.82) is 5.26 Å². The third-order valence-corrected chi connectivity index (χ3v) is 2.69. The van der Waals surface area contributed by atoms with Crippen LogP contribution in [0, 0.1) is 17.2 Å². The SMILES string of the molecule is CC1CN(C)CCC1NC(=O)CC#N. The number of piperidine rings is 1. The van der Waals surface area contributed by atoms with E-state index in [0.717, 1.165) is 19.5 Å².